The highest BCUT2D eigenvalue weighted by atomic mass is 79.9. The van der Waals surface area contributed by atoms with Crippen molar-refractivity contribution in [2.75, 3.05) is 20.2 Å². The Balaban J connectivity index is 2.06. The van der Waals surface area contributed by atoms with Crippen LogP contribution >= 0.6 is 15.9 Å². The van der Waals surface area contributed by atoms with Crippen LogP contribution in [0, 0.1) is 0 Å². The summed E-state index contributed by atoms with van der Waals surface area (Å²) in [7, 11) is 1.68. The number of ether oxygens (including phenoxy) is 2. The number of nitrogens with zero attached hydrogens (tertiary/aromatic N) is 1. The van der Waals surface area contributed by atoms with Crippen LogP contribution in [0.2, 0.25) is 0 Å². The average molecular weight is 368 g/mol. The predicted octanol–water partition coefficient (Wildman–Crippen LogP) is 3.96. The highest BCUT2D eigenvalue weighted by Crippen LogP contribution is 2.30. The van der Waals surface area contributed by atoms with Gasteiger partial charge in [-0.25, -0.2) is 0 Å². The van der Waals surface area contributed by atoms with Gasteiger partial charge in [0.05, 0.1) is 6.10 Å². The zero-order valence-corrected chi connectivity index (χ0v) is 13.2. The number of hydrogen-bond donors (Lipinski definition) is 0. The molecule has 0 unspecified atom stereocenters. The van der Waals surface area contributed by atoms with E-state index in [1.54, 1.807) is 19.2 Å². The molecular formula is C14H17BrF3NO2. The first-order valence-electron chi connectivity index (χ1n) is 6.66. The molecule has 0 atom stereocenters. The third-order valence-corrected chi connectivity index (χ3v) is 4.01. The second-order valence-corrected chi connectivity index (χ2v) is 5.93. The lowest BCUT2D eigenvalue weighted by Crippen LogP contribution is -2.36. The van der Waals surface area contributed by atoms with E-state index in [4.69, 9.17) is 4.74 Å². The van der Waals surface area contributed by atoms with Gasteiger partial charge in [0.2, 0.25) is 0 Å². The molecule has 1 saturated heterocycles. The lowest BCUT2D eigenvalue weighted by molar-refractivity contribution is -0.275. The highest BCUT2D eigenvalue weighted by molar-refractivity contribution is 9.10. The zero-order chi connectivity index (χ0) is 15.5. The number of methoxy groups -OCH3 is 1. The lowest BCUT2D eigenvalue weighted by atomic mass is 10.1. The molecule has 1 aromatic carbocycles. The summed E-state index contributed by atoms with van der Waals surface area (Å²) in [5.41, 5.74) is 0.534. The fourth-order valence-electron chi connectivity index (χ4n) is 2.42. The van der Waals surface area contributed by atoms with Crippen LogP contribution < -0.4 is 4.74 Å². The molecule has 118 valence electrons. The van der Waals surface area contributed by atoms with E-state index in [2.05, 4.69) is 25.6 Å². The van der Waals surface area contributed by atoms with Crippen LogP contribution in [0.5, 0.6) is 5.75 Å². The van der Waals surface area contributed by atoms with Crippen LogP contribution in [0.15, 0.2) is 22.7 Å². The number of halogens is 4. The van der Waals surface area contributed by atoms with Gasteiger partial charge in [-0.1, -0.05) is 22.0 Å². The topological polar surface area (TPSA) is 21.7 Å². The lowest BCUT2D eigenvalue weighted by Gasteiger charge is -2.31. The Hall–Kier alpha value is -0.790. The summed E-state index contributed by atoms with van der Waals surface area (Å²) in [6, 6.07) is 4.73. The molecule has 0 amide bonds. The minimum atomic E-state index is -4.68. The van der Waals surface area contributed by atoms with E-state index >= 15 is 0 Å². The Morgan fingerprint density at radius 1 is 1.29 bits per heavy atom. The van der Waals surface area contributed by atoms with Crippen LogP contribution in [-0.2, 0) is 11.3 Å². The third-order valence-electron chi connectivity index (χ3n) is 3.52. The maximum atomic E-state index is 12.5. The number of hydrogen-bond acceptors (Lipinski definition) is 3. The molecule has 0 aromatic heterocycles. The van der Waals surface area contributed by atoms with E-state index in [-0.39, 0.29) is 11.9 Å². The van der Waals surface area contributed by atoms with Crippen LogP contribution in [-0.4, -0.2) is 37.6 Å². The van der Waals surface area contributed by atoms with Gasteiger partial charge in [-0.15, -0.1) is 13.2 Å². The van der Waals surface area contributed by atoms with Crippen LogP contribution in [0.25, 0.3) is 0 Å². The van der Waals surface area contributed by atoms with Gasteiger partial charge in [-0.3, -0.25) is 4.90 Å². The molecule has 21 heavy (non-hydrogen) atoms. The fraction of sp³-hybridized carbons (Fsp3) is 0.571. The Kier molecular flexibility index (Phi) is 5.51. The normalized spacial score (nSPS) is 18.0. The minimum Gasteiger partial charge on any atom is -0.405 e. The fourth-order valence-corrected chi connectivity index (χ4v) is 2.76. The van der Waals surface area contributed by atoms with Gasteiger partial charge in [0.25, 0.3) is 0 Å². The van der Waals surface area contributed by atoms with Crippen LogP contribution in [0.4, 0.5) is 13.2 Å². The third kappa shape index (κ3) is 5.16. The summed E-state index contributed by atoms with van der Waals surface area (Å²) in [4.78, 5) is 2.11. The molecule has 0 spiro atoms. The number of alkyl halides is 3. The first-order chi connectivity index (χ1) is 9.87. The summed E-state index contributed by atoms with van der Waals surface area (Å²) in [6.45, 7) is 2.05. The van der Waals surface area contributed by atoms with Crippen molar-refractivity contribution in [1.82, 2.24) is 4.90 Å². The maximum Gasteiger partial charge on any atom is 0.573 e. The molecule has 0 bridgehead atoms. The van der Waals surface area contributed by atoms with Crippen molar-refractivity contribution in [3.05, 3.63) is 28.2 Å². The van der Waals surface area contributed by atoms with Gasteiger partial charge in [-0.05, 0) is 25.0 Å². The molecule has 1 fully saturated rings. The number of benzene rings is 1. The van der Waals surface area contributed by atoms with Crippen molar-refractivity contribution >= 4 is 15.9 Å². The molecule has 0 radical (unpaired) electrons. The summed E-state index contributed by atoms with van der Waals surface area (Å²) in [6.07, 6.45) is -2.65. The van der Waals surface area contributed by atoms with Gasteiger partial charge in [0.1, 0.15) is 5.75 Å². The smallest absolute Gasteiger partial charge is 0.405 e. The average Bonchev–Trinajstić information content (AvgIpc) is 2.41. The molecule has 2 rings (SSSR count). The molecule has 1 aromatic rings. The summed E-state index contributed by atoms with van der Waals surface area (Å²) in [5.74, 6) is -0.147. The second kappa shape index (κ2) is 6.98. The summed E-state index contributed by atoms with van der Waals surface area (Å²) in [5, 5.41) is 0. The molecule has 0 N–H and O–H groups in total. The molecule has 0 aliphatic carbocycles. The van der Waals surface area contributed by atoms with E-state index in [0.29, 0.717) is 16.6 Å². The molecular weight excluding hydrogens is 351 g/mol. The number of piperidine rings is 1. The Morgan fingerprint density at radius 2 is 1.95 bits per heavy atom. The Bertz CT molecular complexity index is 474. The van der Waals surface area contributed by atoms with Gasteiger partial charge >= 0.3 is 6.36 Å². The van der Waals surface area contributed by atoms with Crippen molar-refractivity contribution in [1.29, 1.82) is 0 Å². The predicted molar refractivity (Wildman–Crippen MR) is 76.1 cm³/mol. The quantitative estimate of drug-likeness (QED) is 0.803. The minimum absolute atomic E-state index is 0.147. The standard InChI is InChI=1S/C14H17BrF3NO2/c1-20-12-4-6-19(7-5-12)9-10-2-3-11(15)8-13(10)21-14(16,17)18/h2-3,8,12H,4-7,9H2,1H3. The Labute approximate surface area is 130 Å². The van der Waals surface area contributed by atoms with E-state index < -0.39 is 6.36 Å². The number of rotatable bonds is 4. The van der Waals surface area contributed by atoms with E-state index in [9.17, 15) is 13.2 Å². The number of likely N-dealkylation sites (tertiary alicyclic amines) is 1. The van der Waals surface area contributed by atoms with Crippen LogP contribution in [0.3, 0.4) is 0 Å². The summed E-state index contributed by atoms with van der Waals surface area (Å²) < 4.78 is 47.3. The van der Waals surface area contributed by atoms with E-state index in [1.165, 1.54) is 6.07 Å². The largest absolute Gasteiger partial charge is 0.573 e. The van der Waals surface area contributed by atoms with Gasteiger partial charge in [0, 0.05) is 36.8 Å². The zero-order valence-electron chi connectivity index (χ0n) is 11.6. The van der Waals surface area contributed by atoms with Crippen molar-refractivity contribution in [3.63, 3.8) is 0 Å². The maximum absolute atomic E-state index is 12.5. The van der Waals surface area contributed by atoms with Crippen molar-refractivity contribution < 1.29 is 22.6 Å². The van der Waals surface area contributed by atoms with E-state index in [0.717, 1.165) is 25.9 Å². The summed E-state index contributed by atoms with van der Waals surface area (Å²) >= 11 is 3.17. The first kappa shape index (κ1) is 16.6. The van der Waals surface area contributed by atoms with E-state index in [1.807, 2.05) is 0 Å². The second-order valence-electron chi connectivity index (χ2n) is 5.01. The first-order valence-corrected chi connectivity index (χ1v) is 7.46. The monoisotopic (exact) mass is 367 g/mol. The van der Waals surface area contributed by atoms with Crippen molar-refractivity contribution in [2.24, 2.45) is 0 Å². The molecule has 1 aliphatic rings. The van der Waals surface area contributed by atoms with Crippen LogP contribution in [0.1, 0.15) is 18.4 Å². The van der Waals surface area contributed by atoms with Gasteiger partial charge < -0.3 is 9.47 Å². The SMILES string of the molecule is COC1CCN(Cc2ccc(Br)cc2OC(F)(F)F)CC1. The van der Waals surface area contributed by atoms with Gasteiger partial charge in [-0.2, -0.15) is 0 Å². The molecule has 1 aliphatic heterocycles. The molecule has 7 heteroatoms. The van der Waals surface area contributed by atoms with Crippen molar-refractivity contribution in [2.45, 2.75) is 31.9 Å². The highest BCUT2D eigenvalue weighted by Gasteiger charge is 2.32. The van der Waals surface area contributed by atoms with Crippen molar-refractivity contribution in [3.8, 4) is 5.75 Å². The molecule has 1 heterocycles. The molecule has 0 saturated carbocycles. The van der Waals surface area contributed by atoms with Gasteiger partial charge in [0.15, 0.2) is 0 Å². The Morgan fingerprint density at radius 3 is 2.52 bits per heavy atom. The molecule has 3 nitrogen and oxygen atoms in total.